The first-order valence-corrected chi connectivity index (χ1v) is 8.67. The summed E-state index contributed by atoms with van der Waals surface area (Å²) in [6, 6.07) is 12.8. The van der Waals surface area contributed by atoms with E-state index in [1.165, 1.54) is 24.3 Å². The monoisotopic (exact) mass is 419 g/mol. The van der Waals surface area contributed by atoms with Gasteiger partial charge in [0.05, 0.1) is 0 Å². The third kappa shape index (κ3) is 4.26. The van der Waals surface area contributed by atoms with Crippen LogP contribution in [0.25, 0.3) is 11.3 Å². The average Bonchev–Trinajstić information content (AvgIpc) is 3.10. The molecule has 0 aliphatic rings. The molecular weight excluding hydrogens is 405 g/mol. The van der Waals surface area contributed by atoms with Crippen molar-refractivity contribution < 1.29 is 18.6 Å². The number of anilines is 1. The van der Waals surface area contributed by atoms with E-state index in [0.717, 1.165) is 10.0 Å². The summed E-state index contributed by atoms with van der Waals surface area (Å²) in [4.78, 5) is 12.5. The lowest BCUT2D eigenvalue weighted by atomic mass is 10.1. The van der Waals surface area contributed by atoms with Gasteiger partial charge >= 0.3 is 0 Å². The Balaban J connectivity index is 1.73. The van der Waals surface area contributed by atoms with Gasteiger partial charge in [0, 0.05) is 10.0 Å². The van der Waals surface area contributed by atoms with E-state index >= 15 is 0 Å². The van der Waals surface area contributed by atoms with Crippen LogP contribution in [-0.2, 0) is 4.79 Å². The molecular formula is C18H15BrFN3O3. The van der Waals surface area contributed by atoms with Gasteiger partial charge in [-0.1, -0.05) is 35.0 Å². The maximum atomic E-state index is 13.0. The van der Waals surface area contributed by atoms with Crippen molar-refractivity contribution in [1.29, 1.82) is 0 Å². The molecule has 0 bridgehead atoms. The molecule has 0 unspecified atom stereocenters. The zero-order valence-corrected chi connectivity index (χ0v) is 15.4. The Hall–Kier alpha value is -2.74. The number of nitrogens with one attached hydrogen (secondary N) is 1. The molecule has 0 aliphatic carbocycles. The van der Waals surface area contributed by atoms with Crippen LogP contribution in [0.3, 0.4) is 0 Å². The Morgan fingerprint density at radius 1 is 1.19 bits per heavy atom. The van der Waals surface area contributed by atoms with Crippen LogP contribution in [0.2, 0.25) is 0 Å². The topological polar surface area (TPSA) is 77.2 Å². The highest BCUT2D eigenvalue weighted by Crippen LogP contribution is 2.26. The highest BCUT2D eigenvalue weighted by Gasteiger charge is 2.22. The molecule has 0 saturated carbocycles. The number of halogens is 2. The number of nitrogens with zero attached hydrogens (tertiary/aromatic N) is 2. The summed E-state index contributed by atoms with van der Waals surface area (Å²) < 4.78 is 24.3. The second-order valence-electron chi connectivity index (χ2n) is 5.43. The van der Waals surface area contributed by atoms with E-state index in [-0.39, 0.29) is 11.6 Å². The van der Waals surface area contributed by atoms with Gasteiger partial charge in [0.25, 0.3) is 5.91 Å². The van der Waals surface area contributed by atoms with Gasteiger partial charge in [-0.3, -0.25) is 4.79 Å². The van der Waals surface area contributed by atoms with Gasteiger partial charge in [-0.15, -0.1) is 0 Å². The SMILES string of the molecule is CC[C@H](Oc1ccc(F)cc1)C(=O)Nc1nonc1-c1ccc(Br)cc1. The number of carbonyl (C=O) groups excluding carboxylic acids is 1. The Bertz CT molecular complexity index is 881. The molecule has 0 radical (unpaired) electrons. The summed E-state index contributed by atoms with van der Waals surface area (Å²) in [6.07, 6.45) is -0.350. The number of hydrogen-bond donors (Lipinski definition) is 1. The molecule has 1 N–H and O–H groups in total. The fourth-order valence-electron chi connectivity index (χ4n) is 2.26. The lowest BCUT2D eigenvalue weighted by molar-refractivity contribution is -0.122. The number of hydrogen-bond acceptors (Lipinski definition) is 5. The first-order chi connectivity index (χ1) is 12.6. The molecule has 0 aliphatic heterocycles. The standard InChI is InChI=1S/C18H15BrFN3O3/c1-2-15(25-14-9-7-13(20)8-10-14)18(24)21-17-16(22-26-23-17)11-3-5-12(19)6-4-11/h3-10,15H,2H2,1H3,(H,21,23,24)/t15-/m0/s1. The molecule has 26 heavy (non-hydrogen) atoms. The van der Waals surface area contributed by atoms with Crippen LogP contribution in [-0.4, -0.2) is 22.3 Å². The summed E-state index contributed by atoms with van der Waals surface area (Å²) in [6.45, 7) is 1.81. The Morgan fingerprint density at radius 3 is 2.54 bits per heavy atom. The van der Waals surface area contributed by atoms with E-state index in [0.29, 0.717) is 17.9 Å². The van der Waals surface area contributed by atoms with Gasteiger partial charge in [-0.25, -0.2) is 9.02 Å². The third-order valence-corrected chi connectivity index (χ3v) is 4.13. The van der Waals surface area contributed by atoms with Crippen molar-refractivity contribution in [2.24, 2.45) is 0 Å². The lowest BCUT2D eigenvalue weighted by Gasteiger charge is -2.16. The highest BCUT2D eigenvalue weighted by molar-refractivity contribution is 9.10. The van der Waals surface area contributed by atoms with E-state index in [4.69, 9.17) is 9.37 Å². The smallest absolute Gasteiger partial charge is 0.266 e. The molecule has 0 fully saturated rings. The summed E-state index contributed by atoms with van der Waals surface area (Å²) in [7, 11) is 0. The maximum absolute atomic E-state index is 13.0. The largest absolute Gasteiger partial charge is 0.481 e. The van der Waals surface area contributed by atoms with E-state index in [1.807, 2.05) is 31.2 Å². The van der Waals surface area contributed by atoms with Crippen LogP contribution in [0.5, 0.6) is 5.75 Å². The molecule has 1 aromatic heterocycles. The Kier molecular flexibility index (Phi) is 5.62. The second-order valence-corrected chi connectivity index (χ2v) is 6.34. The van der Waals surface area contributed by atoms with Crippen molar-refractivity contribution in [3.05, 3.63) is 58.8 Å². The molecule has 2 aromatic carbocycles. The molecule has 134 valence electrons. The summed E-state index contributed by atoms with van der Waals surface area (Å²) in [5.74, 6) is -0.160. The van der Waals surface area contributed by atoms with Crippen molar-refractivity contribution >= 4 is 27.7 Å². The number of benzene rings is 2. The normalized spacial score (nSPS) is 11.8. The van der Waals surface area contributed by atoms with Gasteiger partial charge in [0.2, 0.25) is 5.82 Å². The van der Waals surface area contributed by atoms with Crippen molar-refractivity contribution in [2.75, 3.05) is 5.32 Å². The number of rotatable bonds is 6. The summed E-state index contributed by atoms with van der Waals surface area (Å²) in [5.41, 5.74) is 1.17. The number of amides is 1. The highest BCUT2D eigenvalue weighted by atomic mass is 79.9. The van der Waals surface area contributed by atoms with Crippen LogP contribution < -0.4 is 10.1 Å². The number of ether oxygens (including phenoxy) is 1. The van der Waals surface area contributed by atoms with E-state index in [2.05, 4.69) is 31.6 Å². The molecule has 3 rings (SSSR count). The van der Waals surface area contributed by atoms with Gasteiger partial charge < -0.3 is 10.1 Å². The quantitative estimate of drug-likeness (QED) is 0.638. The van der Waals surface area contributed by atoms with E-state index < -0.39 is 12.0 Å². The molecule has 8 heteroatoms. The van der Waals surface area contributed by atoms with Gasteiger partial charge in [0.15, 0.2) is 11.8 Å². The Labute approximate surface area is 157 Å². The molecule has 6 nitrogen and oxygen atoms in total. The maximum Gasteiger partial charge on any atom is 0.266 e. The zero-order chi connectivity index (χ0) is 18.5. The molecule has 1 atom stereocenters. The number of carbonyl (C=O) groups is 1. The first kappa shape index (κ1) is 18.1. The van der Waals surface area contributed by atoms with Crippen molar-refractivity contribution in [1.82, 2.24) is 10.3 Å². The minimum atomic E-state index is -0.769. The van der Waals surface area contributed by atoms with Gasteiger partial charge in [-0.05, 0) is 53.1 Å². The lowest BCUT2D eigenvalue weighted by Crippen LogP contribution is -2.32. The minimum Gasteiger partial charge on any atom is -0.481 e. The first-order valence-electron chi connectivity index (χ1n) is 7.88. The Morgan fingerprint density at radius 2 is 1.88 bits per heavy atom. The van der Waals surface area contributed by atoms with Crippen molar-refractivity contribution in [3.8, 4) is 17.0 Å². The minimum absolute atomic E-state index is 0.207. The van der Waals surface area contributed by atoms with Crippen molar-refractivity contribution in [2.45, 2.75) is 19.4 Å². The van der Waals surface area contributed by atoms with Crippen LogP contribution in [0.4, 0.5) is 10.2 Å². The van der Waals surface area contributed by atoms with Crippen LogP contribution in [0.1, 0.15) is 13.3 Å². The molecule has 1 heterocycles. The van der Waals surface area contributed by atoms with E-state index in [9.17, 15) is 9.18 Å². The van der Waals surface area contributed by atoms with Crippen molar-refractivity contribution in [3.63, 3.8) is 0 Å². The summed E-state index contributed by atoms with van der Waals surface area (Å²) >= 11 is 3.36. The number of aromatic nitrogens is 2. The predicted molar refractivity (Wildman–Crippen MR) is 97.2 cm³/mol. The molecule has 0 spiro atoms. The fourth-order valence-corrected chi connectivity index (χ4v) is 2.53. The van der Waals surface area contributed by atoms with E-state index in [1.54, 1.807) is 0 Å². The molecule has 3 aromatic rings. The second kappa shape index (κ2) is 8.09. The van der Waals surface area contributed by atoms with Gasteiger partial charge in [0.1, 0.15) is 11.6 Å². The van der Waals surface area contributed by atoms with Gasteiger partial charge in [-0.2, -0.15) is 0 Å². The zero-order valence-electron chi connectivity index (χ0n) is 13.8. The van der Waals surface area contributed by atoms with Crippen LogP contribution in [0.15, 0.2) is 57.6 Å². The molecule has 1 amide bonds. The van der Waals surface area contributed by atoms with Crippen LogP contribution >= 0.6 is 15.9 Å². The third-order valence-electron chi connectivity index (χ3n) is 3.60. The summed E-state index contributed by atoms with van der Waals surface area (Å²) in [5, 5.41) is 10.3. The predicted octanol–water partition coefficient (Wildman–Crippen LogP) is 4.43. The molecule has 0 saturated heterocycles. The van der Waals surface area contributed by atoms with Crippen LogP contribution in [0, 0.1) is 5.82 Å². The fraction of sp³-hybridized carbons (Fsp3) is 0.167. The average molecular weight is 420 g/mol.